The predicted octanol–water partition coefficient (Wildman–Crippen LogP) is 0.686. The molecule has 0 heterocycles. The fourth-order valence-electron chi connectivity index (χ4n) is 0.315. The maximum atomic E-state index is 10.5. The summed E-state index contributed by atoms with van der Waals surface area (Å²) in [7, 11) is 3.72. The number of hydrogen-bond donors (Lipinski definition) is 0. The van der Waals surface area contributed by atoms with Crippen LogP contribution in [0.1, 0.15) is 13.8 Å². The van der Waals surface area contributed by atoms with Crippen LogP contribution in [-0.4, -0.2) is 24.8 Å². The molecule has 1 radical (unpaired) electrons. The van der Waals surface area contributed by atoms with Crippen molar-refractivity contribution in [3.63, 3.8) is 0 Å². The van der Waals surface area contributed by atoms with Gasteiger partial charge >= 0.3 is 0 Å². The molecule has 0 spiro atoms. The summed E-state index contributed by atoms with van der Waals surface area (Å²) >= 11 is 0. The van der Waals surface area contributed by atoms with Crippen molar-refractivity contribution >= 4 is 5.78 Å². The van der Waals surface area contributed by atoms with E-state index in [-0.39, 0.29) is 38.5 Å². The van der Waals surface area contributed by atoms with E-state index in [1.54, 1.807) is 6.92 Å². The van der Waals surface area contributed by atoms with Crippen molar-refractivity contribution < 1.29 is 37.5 Å². The standard InChI is InChI=1S/C6H12NO.Y/c1-5(6(2)8)7(3)4;/h1-4H3;/q-1;. The van der Waals surface area contributed by atoms with Gasteiger partial charge in [0, 0.05) is 38.5 Å². The molecule has 0 rings (SSSR count). The Balaban J connectivity index is 0. The number of likely N-dealkylation sites (N-methyl/N-ethyl adjacent to an activating group) is 1. The van der Waals surface area contributed by atoms with Crippen molar-refractivity contribution in [3.8, 4) is 0 Å². The van der Waals surface area contributed by atoms with Gasteiger partial charge in [-0.1, -0.05) is 0 Å². The molecule has 0 aromatic heterocycles. The summed E-state index contributed by atoms with van der Waals surface area (Å²) in [6, 6.07) is 0.796. The third-order valence-corrected chi connectivity index (χ3v) is 1.18. The van der Waals surface area contributed by atoms with E-state index in [9.17, 15) is 4.79 Å². The zero-order chi connectivity index (χ0) is 6.73. The van der Waals surface area contributed by atoms with Gasteiger partial charge in [-0.2, -0.15) is 6.92 Å². The fraction of sp³-hybridized carbons (Fsp3) is 0.667. The Morgan fingerprint density at radius 3 is 1.78 bits per heavy atom. The Morgan fingerprint density at radius 2 is 1.78 bits per heavy atom. The second-order valence-electron chi connectivity index (χ2n) is 2.04. The maximum Gasteiger partial charge on any atom is 0.0111 e. The molecular weight excluding hydrogens is 191 g/mol. The summed E-state index contributed by atoms with van der Waals surface area (Å²) in [5.74, 6) is 0.134. The van der Waals surface area contributed by atoms with Crippen LogP contribution in [0.15, 0.2) is 0 Å². The molecule has 51 valence electrons. The number of Topliss-reactive ketones (excluding diaryl/α,β-unsaturated/α-hetero) is 1. The normalized spacial score (nSPS) is 8.56. The molecule has 0 aliphatic heterocycles. The minimum atomic E-state index is 0. The van der Waals surface area contributed by atoms with Crippen molar-refractivity contribution in [2.24, 2.45) is 0 Å². The zero-order valence-electron chi connectivity index (χ0n) is 6.43. The smallest absolute Gasteiger partial charge is 0.0111 e. The van der Waals surface area contributed by atoms with Crippen LogP contribution in [0.25, 0.3) is 0 Å². The van der Waals surface area contributed by atoms with E-state index in [2.05, 4.69) is 0 Å². The number of ketones is 1. The number of carbonyl (C=O) groups is 1. The topological polar surface area (TPSA) is 20.3 Å². The van der Waals surface area contributed by atoms with Gasteiger partial charge in [0.25, 0.3) is 0 Å². The molecule has 0 fully saturated rings. The van der Waals surface area contributed by atoms with Crippen LogP contribution in [0.5, 0.6) is 0 Å². The van der Waals surface area contributed by atoms with Crippen LogP contribution in [0.4, 0.5) is 0 Å². The molecule has 0 aliphatic carbocycles. The third kappa shape index (κ3) is 5.07. The molecule has 2 nitrogen and oxygen atoms in total. The van der Waals surface area contributed by atoms with E-state index < -0.39 is 0 Å². The summed E-state index contributed by atoms with van der Waals surface area (Å²) in [5, 5.41) is 0. The van der Waals surface area contributed by atoms with Crippen molar-refractivity contribution in [1.82, 2.24) is 4.90 Å². The van der Waals surface area contributed by atoms with Gasteiger partial charge in [-0.05, 0) is 21.0 Å². The van der Waals surface area contributed by atoms with Gasteiger partial charge in [0.15, 0.2) is 0 Å². The van der Waals surface area contributed by atoms with Gasteiger partial charge in [0.05, 0.1) is 0 Å². The Kier molecular flexibility index (Phi) is 7.37. The van der Waals surface area contributed by atoms with Crippen molar-refractivity contribution in [2.75, 3.05) is 14.1 Å². The summed E-state index contributed by atoms with van der Waals surface area (Å²) in [6.45, 7) is 3.37. The molecule has 0 atom stereocenters. The van der Waals surface area contributed by atoms with E-state index in [0.29, 0.717) is 0 Å². The van der Waals surface area contributed by atoms with Crippen molar-refractivity contribution in [3.05, 3.63) is 6.04 Å². The van der Waals surface area contributed by atoms with E-state index >= 15 is 0 Å². The number of rotatable bonds is 2. The Bertz CT molecular complexity index is 93.1. The van der Waals surface area contributed by atoms with Crippen molar-refractivity contribution in [1.29, 1.82) is 0 Å². The summed E-state index contributed by atoms with van der Waals surface area (Å²) in [6.07, 6.45) is 0. The fourth-order valence-corrected chi connectivity index (χ4v) is 0.315. The van der Waals surface area contributed by atoms with Crippen LogP contribution in [-0.2, 0) is 37.5 Å². The van der Waals surface area contributed by atoms with Crippen LogP contribution in [0.2, 0.25) is 0 Å². The first-order valence-electron chi connectivity index (χ1n) is 2.57. The molecule has 0 amide bonds. The first kappa shape index (κ1) is 12.3. The number of carbonyl (C=O) groups excluding carboxylic acids is 1. The first-order valence-corrected chi connectivity index (χ1v) is 2.57. The monoisotopic (exact) mass is 203 g/mol. The molecule has 0 N–H and O–H groups in total. The van der Waals surface area contributed by atoms with E-state index in [1.165, 1.54) is 0 Å². The molecule has 0 bridgehead atoms. The average Bonchev–Trinajstić information content (AvgIpc) is 1.64. The Morgan fingerprint density at radius 1 is 1.44 bits per heavy atom. The largest absolute Gasteiger partial charge is 0.437 e. The molecule has 9 heavy (non-hydrogen) atoms. The molecule has 0 unspecified atom stereocenters. The molecule has 0 saturated carbocycles. The maximum absolute atomic E-state index is 10.5. The summed E-state index contributed by atoms with van der Waals surface area (Å²) in [4.78, 5) is 12.3. The average molecular weight is 203 g/mol. The zero-order valence-corrected chi connectivity index (χ0v) is 9.27. The van der Waals surface area contributed by atoms with E-state index in [1.807, 2.05) is 25.9 Å². The van der Waals surface area contributed by atoms with Gasteiger partial charge in [0.1, 0.15) is 0 Å². The Hall–Kier alpha value is 0.604. The minimum Gasteiger partial charge on any atom is -0.437 e. The quantitative estimate of drug-likeness (QED) is 0.615. The van der Waals surface area contributed by atoms with Gasteiger partial charge in [-0.25, -0.2) is 0 Å². The van der Waals surface area contributed by atoms with Gasteiger partial charge < -0.3 is 9.69 Å². The van der Waals surface area contributed by atoms with Crippen LogP contribution >= 0.6 is 0 Å². The van der Waals surface area contributed by atoms with Crippen LogP contribution in [0.3, 0.4) is 0 Å². The molecular formula is C6H12NOY-. The Labute approximate surface area is 81.9 Å². The van der Waals surface area contributed by atoms with Crippen LogP contribution in [0, 0.1) is 6.04 Å². The molecule has 0 aromatic carbocycles. The SMILES string of the molecule is CC(=O)[C-](C)N(C)C.[Y]. The molecule has 0 saturated heterocycles. The second kappa shape index (κ2) is 5.39. The molecule has 0 aromatic rings. The first-order chi connectivity index (χ1) is 3.55. The summed E-state index contributed by atoms with van der Waals surface area (Å²) < 4.78 is 0. The van der Waals surface area contributed by atoms with Crippen molar-refractivity contribution in [2.45, 2.75) is 13.8 Å². The number of hydrogen-bond acceptors (Lipinski definition) is 2. The van der Waals surface area contributed by atoms with E-state index in [0.717, 1.165) is 6.04 Å². The molecule has 0 aliphatic rings. The van der Waals surface area contributed by atoms with Gasteiger partial charge in [0.2, 0.25) is 0 Å². The van der Waals surface area contributed by atoms with Gasteiger partial charge in [-0.3, -0.25) is 6.04 Å². The summed E-state index contributed by atoms with van der Waals surface area (Å²) in [5.41, 5.74) is 0. The molecule has 3 heteroatoms. The predicted molar refractivity (Wildman–Crippen MR) is 33.3 cm³/mol. The number of nitrogens with zero attached hydrogens (tertiary/aromatic N) is 1. The van der Waals surface area contributed by atoms with Crippen LogP contribution < -0.4 is 0 Å². The third-order valence-electron chi connectivity index (χ3n) is 1.18. The minimum absolute atomic E-state index is 0. The van der Waals surface area contributed by atoms with E-state index in [4.69, 9.17) is 0 Å². The van der Waals surface area contributed by atoms with Gasteiger partial charge in [-0.15, -0.1) is 0 Å². The second-order valence-corrected chi connectivity index (χ2v) is 2.04.